The van der Waals surface area contributed by atoms with Gasteiger partial charge in [-0.05, 0) is 51.7 Å². The Morgan fingerprint density at radius 1 is 0.818 bits per heavy atom. The number of benzene rings is 1. The highest BCUT2D eigenvalue weighted by atomic mass is 16.5. The van der Waals surface area contributed by atoms with Crippen molar-refractivity contribution in [3.63, 3.8) is 0 Å². The molecule has 2 aliphatic rings. The van der Waals surface area contributed by atoms with Crippen molar-refractivity contribution in [1.29, 1.82) is 0 Å². The van der Waals surface area contributed by atoms with E-state index in [9.17, 15) is 14.4 Å². The van der Waals surface area contributed by atoms with Crippen LogP contribution in [-0.4, -0.2) is 85.9 Å². The Morgan fingerprint density at radius 2 is 1.30 bits per heavy atom. The van der Waals surface area contributed by atoms with Crippen LogP contribution in [0.4, 0.5) is 0 Å². The first-order valence-electron chi connectivity index (χ1n) is 12.0. The van der Waals surface area contributed by atoms with Gasteiger partial charge >= 0.3 is 0 Å². The number of methoxy groups -OCH3 is 2. The molecule has 3 amide bonds. The molecule has 1 aromatic carbocycles. The van der Waals surface area contributed by atoms with E-state index in [0.29, 0.717) is 56.1 Å². The minimum Gasteiger partial charge on any atom is -0.497 e. The topological polar surface area (TPSA) is 79.4 Å². The molecule has 0 radical (unpaired) electrons. The fraction of sp³-hybridized carbons (Fsp3) is 0.640. The lowest BCUT2D eigenvalue weighted by Gasteiger charge is -2.38. The van der Waals surface area contributed by atoms with E-state index >= 15 is 0 Å². The highest BCUT2D eigenvalue weighted by Gasteiger charge is 2.34. The molecular formula is C25H37N3O5. The molecule has 0 unspecified atom stereocenters. The van der Waals surface area contributed by atoms with E-state index in [1.807, 2.05) is 23.6 Å². The van der Waals surface area contributed by atoms with E-state index in [1.165, 1.54) is 0 Å². The molecule has 0 aromatic heterocycles. The molecule has 2 aliphatic heterocycles. The average molecular weight is 460 g/mol. The van der Waals surface area contributed by atoms with Crippen LogP contribution in [0.25, 0.3) is 0 Å². The molecule has 8 nitrogen and oxygen atoms in total. The number of carbonyl (C=O) groups is 3. The zero-order chi connectivity index (χ0) is 24.0. The summed E-state index contributed by atoms with van der Waals surface area (Å²) < 4.78 is 10.5. The van der Waals surface area contributed by atoms with Crippen LogP contribution in [0, 0.1) is 11.8 Å². The van der Waals surface area contributed by atoms with E-state index < -0.39 is 0 Å². The van der Waals surface area contributed by atoms with Crippen molar-refractivity contribution < 1.29 is 23.9 Å². The van der Waals surface area contributed by atoms with Crippen LogP contribution in [-0.2, 0) is 9.59 Å². The molecule has 8 heteroatoms. The number of rotatable bonds is 7. The van der Waals surface area contributed by atoms with Gasteiger partial charge in [-0.3, -0.25) is 14.4 Å². The fourth-order valence-corrected chi connectivity index (χ4v) is 4.84. The van der Waals surface area contributed by atoms with Gasteiger partial charge in [-0.25, -0.2) is 0 Å². The maximum absolute atomic E-state index is 13.1. The van der Waals surface area contributed by atoms with Gasteiger partial charge in [-0.2, -0.15) is 0 Å². The zero-order valence-corrected chi connectivity index (χ0v) is 20.3. The van der Waals surface area contributed by atoms with E-state index in [4.69, 9.17) is 9.47 Å². The molecule has 1 aromatic rings. The Kier molecular flexibility index (Phi) is 8.58. The summed E-state index contributed by atoms with van der Waals surface area (Å²) in [7, 11) is 3.12. The highest BCUT2D eigenvalue weighted by Crippen LogP contribution is 2.27. The molecule has 0 bridgehead atoms. The number of piperidine rings is 2. The number of likely N-dealkylation sites (tertiary alicyclic amines) is 2. The van der Waals surface area contributed by atoms with Gasteiger partial charge in [0.2, 0.25) is 11.8 Å². The molecular weight excluding hydrogens is 422 g/mol. The largest absolute Gasteiger partial charge is 0.497 e. The monoisotopic (exact) mass is 459 g/mol. The summed E-state index contributed by atoms with van der Waals surface area (Å²) >= 11 is 0. The summed E-state index contributed by atoms with van der Waals surface area (Å²) in [4.78, 5) is 44.3. The Labute approximate surface area is 196 Å². The van der Waals surface area contributed by atoms with Crippen molar-refractivity contribution in [3.8, 4) is 11.5 Å². The normalized spacial score (nSPS) is 17.6. The smallest absolute Gasteiger partial charge is 0.254 e. The number of hydrogen-bond acceptors (Lipinski definition) is 5. The molecule has 0 spiro atoms. The van der Waals surface area contributed by atoms with Crippen molar-refractivity contribution in [1.82, 2.24) is 14.7 Å². The number of carbonyl (C=O) groups excluding carboxylic acids is 3. The van der Waals surface area contributed by atoms with Crippen molar-refractivity contribution >= 4 is 17.7 Å². The van der Waals surface area contributed by atoms with E-state index in [-0.39, 0.29) is 29.6 Å². The van der Waals surface area contributed by atoms with Crippen LogP contribution in [0.3, 0.4) is 0 Å². The maximum Gasteiger partial charge on any atom is 0.254 e. The Balaban J connectivity index is 1.51. The maximum atomic E-state index is 13.1. The van der Waals surface area contributed by atoms with Gasteiger partial charge in [0.1, 0.15) is 11.5 Å². The molecule has 0 aliphatic carbocycles. The first kappa shape index (κ1) is 24.9. The lowest BCUT2D eigenvalue weighted by molar-refractivity contribution is -0.143. The molecule has 33 heavy (non-hydrogen) atoms. The zero-order valence-electron chi connectivity index (χ0n) is 20.3. The molecule has 0 N–H and O–H groups in total. The molecule has 0 atom stereocenters. The van der Waals surface area contributed by atoms with Gasteiger partial charge in [0, 0.05) is 62.7 Å². The summed E-state index contributed by atoms with van der Waals surface area (Å²) in [5.74, 6) is 1.41. The third-order valence-electron chi connectivity index (χ3n) is 6.96. The third-order valence-corrected chi connectivity index (χ3v) is 6.96. The Morgan fingerprint density at radius 3 is 1.79 bits per heavy atom. The second kappa shape index (κ2) is 11.4. The summed E-state index contributed by atoms with van der Waals surface area (Å²) in [6, 6.07) is 5.16. The van der Waals surface area contributed by atoms with Crippen LogP contribution >= 0.6 is 0 Å². The van der Waals surface area contributed by atoms with Gasteiger partial charge in [0.05, 0.1) is 14.2 Å². The lowest BCUT2D eigenvalue weighted by atomic mass is 9.91. The van der Waals surface area contributed by atoms with Crippen molar-refractivity contribution in [3.05, 3.63) is 23.8 Å². The van der Waals surface area contributed by atoms with Crippen LogP contribution in [0.15, 0.2) is 18.2 Å². The minimum absolute atomic E-state index is 0.0216. The third kappa shape index (κ3) is 5.78. The van der Waals surface area contributed by atoms with Crippen LogP contribution < -0.4 is 9.47 Å². The summed E-state index contributed by atoms with van der Waals surface area (Å²) in [5.41, 5.74) is 0.524. The Hall–Kier alpha value is -2.77. The molecule has 182 valence electrons. The lowest BCUT2D eigenvalue weighted by Crippen LogP contribution is -2.48. The second-order valence-electron chi connectivity index (χ2n) is 8.78. The number of hydrogen-bond donors (Lipinski definition) is 0. The molecule has 2 heterocycles. The minimum atomic E-state index is -0.0752. The Bertz CT molecular complexity index is 816. The molecule has 2 saturated heterocycles. The number of nitrogens with zero attached hydrogens (tertiary/aromatic N) is 3. The van der Waals surface area contributed by atoms with Crippen molar-refractivity contribution in [2.75, 3.05) is 53.5 Å². The second-order valence-corrected chi connectivity index (χ2v) is 8.78. The predicted molar refractivity (Wildman–Crippen MR) is 125 cm³/mol. The van der Waals surface area contributed by atoms with Crippen molar-refractivity contribution in [2.24, 2.45) is 11.8 Å². The van der Waals surface area contributed by atoms with Gasteiger partial charge in [0.25, 0.3) is 5.91 Å². The summed E-state index contributed by atoms with van der Waals surface area (Å²) in [6.45, 7) is 7.84. The van der Waals surface area contributed by atoms with E-state index in [1.54, 1.807) is 37.3 Å². The summed E-state index contributed by atoms with van der Waals surface area (Å²) in [6.07, 6.45) is 2.78. The van der Waals surface area contributed by atoms with Gasteiger partial charge in [0.15, 0.2) is 0 Å². The first-order chi connectivity index (χ1) is 15.9. The molecule has 0 saturated carbocycles. The van der Waals surface area contributed by atoms with Crippen LogP contribution in [0.2, 0.25) is 0 Å². The van der Waals surface area contributed by atoms with Gasteiger partial charge < -0.3 is 24.2 Å². The number of amides is 3. The van der Waals surface area contributed by atoms with Gasteiger partial charge in [-0.15, -0.1) is 0 Å². The summed E-state index contributed by atoms with van der Waals surface area (Å²) in [5, 5.41) is 0. The quantitative estimate of drug-likeness (QED) is 0.626. The van der Waals surface area contributed by atoms with Gasteiger partial charge in [-0.1, -0.05) is 0 Å². The van der Waals surface area contributed by atoms with Crippen LogP contribution in [0.5, 0.6) is 11.5 Å². The highest BCUT2D eigenvalue weighted by molar-refractivity contribution is 5.95. The average Bonchev–Trinajstić information content (AvgIpc) is 2.88. The fourth-order valence-electron chi connectivity index (χ4n) is 4.84. The predicted octanol–water partition coefficient (Wildman–Crippen LogP) is 2.66. The SMILES string of the molecule is CCN(CC)C(=O)C1CCN(C(=O)C2CCN(C(=O)c3cc(OC)cc(OC)c3)CC2)CC1. The number of ether oxygens (including phenoxy) is 2. The van der Waals surface area contributed by atoms with E-state index in [0.717, 1.165) is 25.9 Å². The van der Waals surface area contributed by atoms with Crippen LogP contribution in [0.1, 0.15) is 49.9 Å². The molecule has 3 rings (SSSR count). The standard InChI is InChI=1S/C25H37N3O5/c1-5-26(6-2)23(29)18-7-11-27(12-8-18)24(30)19-9-13-28(14-10-19)25(31)20-15-21(32-3)17-22(16-20)33-4/h15-19H,5-14H2,1-4H3. The molecule has 2 fully saturated rings. The van der Waals surface area contributed by atoms with Crippen molar-refractivity contribution in [2.45, 2.75) is 39.5 Å². The van der Waals surface area contributed by atoms with E-state index in [2.05, 4.69) is 0 Å². The first-order valence-corrected chi connectivity index (χ1v) is 12.0.